The molecule has 1 amide bonds. The van der Waals surface area contributed by atoms with E-state index in [-0.39, 0.29) is 37.8 Å². The number of nitrogens with one attached hydrogen (secondary N) is 1. The Balaban J connectivity index is 1.48. The SMILES string of the molecule is CC1CC(C)C(O)C(O[C@@H]2[C@@H](C)[C@H](OC3CC(C)(C)C(O)C(C)O3)[C@@H](C)C(=O)O[C@H](CCNC(=O)c3ccc(-c4ccc(Cl)cc4)cc3)[C@@](C)(O)[C@H](O)[C@@H](C)C(=O)[C@H](C)C[C@@]2(C)O)O1. The van der Waals surface area contributed by atoms with Crippen molar-refractivity contribution < 1.29 is 63.6 Å². The zero-order valence-electron chi connectivity index (χ0n) is 39.2. The number of amides is 1. The summed E-state index contributed by atoms with van der Waals surface area (Å²) in [5.74, 6) is -6.07. The summed E-state index contributed by atoms with van der Waals surface area (Å²) in [6.45, 7) is 18.3. The summed E-state index contributed by atoms with van der Waals surface area (Å²) in [5, 5.41) is 62.1. The number of rotatable bonds is 9. The Morgan fingerprint density at radius 2 is 1.41 bits per heavy atom. The molecule has 2 aromatic carbocycles. The van der Waals surface area contributed by atoms with Crippen LogP contribution >= 0.6 is 11.6 Å². The van der Waals surface area contributed by atoms with Crippen LogP contribution in [0.3, 0.4) is 0 Å². The summed E-state index contributed by atoms with van der Waals surface area (Å²) in [7, 11) is 0. The predicted octanol–water partition coefficient (Wildman–Crippen LogP) is 5.84. The van der Waals surface area contributed by atoms with Gasteiger partial charge in [-0.05, 0) is 94.2 Å². The summed E-state index contributed by atoms with van der Waals surface area (Å²) >= 11 is 6.04. The number of aliphatic hydroxyl groups excluding tert-OH is 3. The number of aliphatic hydroxyl groups is 5. The standard InChI is InChI=1S/C49H72ClNO13/c1-25-22-27(3)60-46(39(25)53)64-43-29(5)40(63-37-24-47(8,9)42(55)31(7)61-37)30(6)45(57)62-36(49(11,59)41(54)28(4)38(52)26(2)23-48(43,10)58)20-21-51-44(56)34-14-12-32(13-15-34)33-16-18-35(50)19-17-33/h12-19,25-31,36-37,39-43,46,53-55,58-59H,20-24H2,1-11H3,(H,51,56)/t25?,26-,27?,28+,29+,30-,31?,36-,37?,39?,40+,41-,42?,43-,46?,48-,49-/m1/s1. The van der Waals surface area contributed by atoms with E-state index in [1.54, 1.807) is 64.1 Å². The summed E-state index contributed by atoms with van der Waals surface area (Å²) in [6, 6.07) is 14.3. The van der Waals surface area contributed by atoms with Crippen molar-refractivity contribution in [2.75, 3.05) is 6.54 Å². The number of esters is 1. The van der Waals surface area contributed by atoms with Crippen LogP contribution in [0, 0.1) is 35.0 Å². The molecule has 6 N–H and O–H groups in total. The van der Waals surface area contributed by atoms with Gasteiger partial charge in [-0.2, -0.15) is 0 Å². The molecule has 0 aromatic heterocycles. The highest BCUT2D eigenvalue weighted by molar-refractivity contribution is 6.30. The second kappa shape index (κ2) is 20.9. The molecule has 5 rings (SSSR count). The number of hydrogen-bond donors (Lipinski definition) is 6. The van der Waals surface area contributed by atoms with Gasteiger partial charge in [0.15, 0.2) is 12.6 Å². The lowest BCUT2D eigenvalue weighted by Gasteiger charge is -2.48. The van der Waals surface area contributed by atoms with Crippen LogP contribution in [0.5, 0.6) is 0 Å². The molecule has 17 atom stereocenters. The van der Waals surface area contributed by atoms with Crippen LogP contribution in [0.4, 0.5) is 0 Å². The van der Waals surface area contributed by atoms with E-state index in [2.05, 4.69) is 5.32 Å². The Labute approximate surface area is 383 Å². The Bertz CT molecular complexity index is 1890. The lowest BCUT2D eigenvalue weighted by molar-refractivity contribution is -0.312. The Morgan fingerprint density at radius 3 is 2.00 bits per heavy atom. The van der Waals surface area contributed by atoms with Crippen LogP contribution in [0.25, 0.3) is 11.1 Å². The fourth-order valence-electron chi connectivity index (χ4n) is 9.93. The fourth-order valence-corrected chi connectivity index (χ4v) is 10.1. The first-order valence-electron chi connectivity index (χ1n) is 22.7. The van der Waals surface area contributed by atoms with Gasteiger partial charge in [-0.3, -0.25) is 14.4 Å². The first kappa shape index (κ1) is 52.0. The topological polar surface area (TPSA) is 211 Å². The molecule has 0 aliphatic carbocycles. The van der Waals surface area contributed by atoms with E-state index in [0.29, 0.717) is 17.0 Å². The van der Waals surface area contributed by atoms with Gasteiger partial charge >= 0.3 is 5.97 Å². The third-order valence-corrected chi connectivity index (χ3v) is 14.2. The number of ketones is 1. The Hall–Kier alpha value is -3.02. The molecule has 3 aliphatic rings. The number of halogens is 1. The van der Waals surface area contributed by atoms with Crippen molar-refractivity contribution in [1.29, 1.82) is 0 Å². The molecule has 15 heteroatoms. The molecule has 0 radical (unpaired) electrons. The molecule has 358 valence electrons. The third kappa shape index (κ3) is 11.9. The van der Waals surface area contributed by atoms with Gasteiger partial charge in [0.2, 0.25) is 0 Å². The summed E-state index contributed by atoms with van der Waals surface area (Å²) in [6.07, 6.45) is -10.00. The van der Waals surface area contributed by atoms with Gasteiger partial charge < -0.3 is 54.5 Å². The molecule has 2 aromatic rings. The number of hydrogen-bond acceptors (Lipinski definition) is 13. The van der Waals surface area contributed by atoms with Crippen molar-refractivity contribution in [3.05, 3.63) is 59.1 Å². The molecular weight excluding hydrogens is 846 g/mol. The number of cyclic esters (lactones) is 1. The lowest BCUT2D eigenvalue weighted by atomic mass is 9.74. The first-order valence-corrected chi connectivity index (χ1v) is 23.1. The van der Waals surface area contributed by atoms with Gasteiger partial charge in [-0.15, -0.1) is 0 Å². The quantitative estimate of drug-likeness (QED) is 0.164. The third-order valence-electron chi connectivity index (χ3n) is 14.0. The van der Waals surface area contributed by atoms with Gasteiger partial charge in [-0.1, -0.05) is 77.4 Å². The fraction of sp³-hybridized carbons (Fsp3) is 0.694. The molecule has 7 unspecified atom stereocenters. The van der Waals surface area contributed by atoms with Gasteiger partial charge in [0.25, 0.3) is 5.91 Å². The number of carbonyl (C=O) groups excluding carboxylic acids is 3. The van der Waals surface area contributed by atoms with Crippen LogP contribution in [-0.4, -0.2) is 122 Å². The molecule has 0 bridgehead atoms. The minimum absolute atomic E-state index is 0.0907. The Kier molecular flexibility index (Phi) is 16.9. The van der Waals surface area contributed by atoms with Crippen LogP contribution in [0.2, 0.25) is 5.02 Å². The number of Topliss-reactive ketones (excluding diaryl/α,β-unsaturated/α-hetero) is 1. The normalized spacial score (nSPS) is 40.2. The summed E-state index contributed by atoms with van der Waals surface area (Å²) in [4.78, 5) is 42.1. The van der Waals surface area contributed by atoms with Crippen LogP contribution in [0.1, 0.15) is 112 Å². The van der Waals surface area contributed by atoms with E-state index in [4.69, 9.17) is 35.3 Å². The minimum atomic E-state index is -2.21. The molecule has 3 aliphatic heterocycles. The largest absolute Gasteiger partial charge is 0.459 e. The van der Waals surface area contributed by atoms with Crippen molar-refractivity contribution in [3.8, 4) is 11.1 Å². The van der Waals surface area contributed by atoms with Crippen molar-refractivity contribution in [3.63, 3.8) is 0 Å². The van der Waals surface area contributed by atoms with Gasteiger partial charge in [0.05, 0.1) is 48.1 Å². The van der Waals surface area contributed by atoms with E-state index < -0.39 is 113 Å². The summed E-state index contributed by atoms with van der Waals surface area (Å²) < 4.78 is 31.7. The van der Waals surface area contributed by atoms with Gasteiger partial charge in [0.1, 0.15) is 23.6 Å². The second-order valence-electron chi connectivity index (χ2n) is 20.1. The number of benzene rings is 2. The molecular formula is C49H72ClNO13. The Morgan fingerprint density at radius 1 is 0.812 bits per heavy atom. The minimum Gasteiger partial charge on any atom is -0.459 e. The van der Waals surface area contributed by atoms with Gasteiger partial charge in [-0.25, -0.2) is 0 Å². The highest BCUT2D eigenvalue weighted by atomic mass is 35.5. The van der Waals surface area contributed by atoms with E-state index in [0.717, 1.165) is 11.1 Å². The average Bonchev–Trinajstić information content (AvgIpc) is 3.23. The van der Waals surface area contributed by atoms with E-state index in [1.807, 2.05) is 39.8 Å². The molecule has 3 heterocycles. The highest BCUT2D eigenvalue weighted by Crippen LogP contribution is 2.42. The zero-order chi connectivity index (χ0) is 47.6. The van der Waals surface area contributed by atoms with Crippen LogP contribution in [0.15, 0.2) is 48.5 Å². The maximum atomic E-state index is 14.6. The summed E-state index contributed by atoms with van der Waals surface area (Å²) in [5.41, 5.74) is -2.52. The maximum Gasteiger partial charge on any atom is 0.311 e. The maximum absolute atomic E-state index is 14.6. The molecule has 0 saturated carbocycles. The highest BCUT2D eigenvalue weighted by Gasteiger charge is 2.53. The number of ether oxygens (including phenoxy) is 5. The molecule has 3 fully saturated rings. The number of carbonyl (C=O) groups is 3. The zero-order valence-corrected chi connectivity index (χ0v) is 40.0. The first-order chi connectivity index (χ1) is 29.7. The molecule has 0 spiro atoms. The predicted molar refractivity (Wildman–Crippen MR) is 240 cm³/mol. The smallest absolute Gasteiger partial charge is 0.311 e. The molecule has 64 heavy (non-hydrogen) atoms. The second-order valence-corrected chi connectivity index (χ2v) is 20.5. The monoisotopic (exact) mass is 917 g/mol. The van der Waals surface area contributed by atoms with Crippen molar-refractivity contribution in [2.24, 2.45) is 35.0 Å². The van der Waals surface area contributed by atoms with Crippen molar-refractivity contribution >= 4 is 29.3 Å². The van der Waals surface area contributed by atoms with E-state index >= 15 is 0 Å². The average molecular weight is 919 g/mol. The van der Waals surface area contributed by atoms with Crippen molar-refractivity contribution in [1.82, 2.24) is 5.32 Å². The molecule has 14 nitrogen and oxygen atoms in total. The van der Waals surface area contributed by atoms with Crippen LogP contribution < -0.4 is 5.32 Å². The van der Waals surface area contributed by atoms with E-state index in [1.165, 1.54) is 20.8 Å². The van der Waals surface area contributed by atoms with E-state index in [9.17, 15) is 39.9 Å². The lowest BCUT2D eigenvalue weighted by Crippen LogP contribution is -2.59. The van der Waals surface area contributed by atoms with Crippen LogP contribution in [-0.2, 0) is 33.3 Å². The van der Waals surface area contributed by atoms with Gasteiger partial charge in [0, 0.05) is 47.7 Å². The van der Waals surface area contributed by atoms with Crippen molar-refractivity contribution in [2.45, 2.75) is 174 Å². The molecule has 3 saturated heterocycles.